The first-order chi connectivity index (χ1) is 12.2. The quantitative estimate of drug-likeness (QED) is 0.572. The minimum Gasteiger partial charge on any atom is -0.491 e. The van der Waals surface area contributed by atoms with Crippen molar-refractivity contribution in [2.75, 3.05) is 12.3 Å². The SMILES string of the molecule is Nc1nc2cc(-c3nc4cccc5c4n3CCCCO5)cc(F)c2o1. The molecule has 0 fully saturated rings. The van der Waals surface area contributed by atoms with Crippen molar-refractivity contribution in [2.24, 2.45) is 0 Å². The number of nitrogen functional groups attached to an aromatic ring is 1. The maximum absolute atomic E-state index is 14.4. The molecular formula is C18H15FN4O2. The molecule has 0 saturated heterocycles. The number of nitrogens with zero attached hydrogens (tertiary/aromatic N) is 3. The number of oxazole rings is 1. The third-order valence-corrected chi connectivity index (χ3v) is 4.48. The average Bonchev–Trinajstić information content (AvgIpc) is 3.12. The standard InChI is InChI=1S/C18H15FN4O2/c19-11-8-10(9-13-16(11)25-18(20)22-13)17-21-12-4-3-5-14-15(12)23(17)6-1-2-7-24-14/h3-5,8-9H,1-2,6-7H2,(H2,20,22). The lowest BCUT2D eigenvalue weighted by Crippen LogP contribution is -2.08. The zero-order valence-corrected chi connectivity index (χ0v) is 13.3. The zero-order valence-electron chi connectivity index (χ0n) is 13.3. The van der Waals surface area contributed by atoms with Crippen molar-refractivity contribution in [1.29, 1.82) is 0 Å². The van der Waals surface area contributed by atoms with Gasteiger partial charge in [-0.2, -0.15) is 4.98 Å². The van der Waals surface area contributed by atoms with Gasteiger partial charge >= 0.3 is 0 Å². The molecule has 5 rings (SSSR count). The molecule has 2 aromatic heterocycles. The van der Waals surface area contributed by atoms with Crippen LogP contribution in [0.1, 0.15) is 12.8 Å². The van der Waals surface area contributed by atoms with Crippen LogP contribution >= 0.6 is 0 Å². The Hall–Kier alpha value is -3.09. The normalized spacial score (nSPS) is 14.4. The molecular weight excluding hydrogens is 323 g/mol. The summed E-state index contributed by atoms with van der Waals surface area (Å²) in [6, 6.07) is 8.91. The summed E-state index contributed by atoms with van der Waals surface area (Å²) in [5.41, 5.74) is 8.41. The van der Waals surface area contributed by atoms with Crippen molar-refractivity contribution in [2.45, 2.75) is 19.4 Å². The van der Waals surface area contributed by atoms with Gasteiger partial charge in [0.2, 0.25) is 0 Å². The number of aryl methyl sites for hydroxylation is 1. The maximum Gasteiger partial charge on any atom is 0.293 e. The summed E-state index contributed by atoms with van der Waals surface area (Å²) in [7, 11) is 0. The van der Waals surface area contributed by atoms with E-state index in [0.717, 1.165) is 36.2 Å². The number of ether oxygens (including phenoxy) is 1. The third-order valence-electron chi connectivity index (χ3n) is 4.48. The van der Waals surface area contributed by atoms with Crippen LogP contribution in [-0.2, 0) is 6.54 Å². The van der Waals surface area contributed by atoms with Crippen LogP contribution in [0.5, 0.6) is 5.75 Å². The Kier molecular flexibility index (Phi) is 2.97. The van der Waals surface area contributed by atoms with Gasteiger partial charge in [0.05, 0.1) is 12.1 Å². The van der Waals surface area contributed by atoms with Crippen LogP contribution in [-0.4, -0.2) is 21.1 Å². The molecule has 0 atom stereocenters. The Bertz CT molecular complexity index is 1120. The molecule has 0 aliphatic carbocycles. The van der Waals surface area contributed by atoms with Crippen molar-refractivity contribution in [3.05, 3.63) is 36.1 Å². The van der Waals surface area contributed by atoms with Gasteiger partial charge in [-0.15, -0.1) is 0 Å². The Balaban J connectivity index is 1.80. The molecule has 0 radical (unpaired) electrons. The smallest absolute Gasteiger partial charge is 0.293 e. The Morgan fingerprint density at radius 1 is 1.12 bits per heavy atom. The fourth-order valence-corrected chi connectivity index (χ4v) is 3.40. The molecule has 126 valence electrons. The van der Waals surface area contributed by atoms with E-state index in [1.165, 1.54) is 6.07 Å². The number of anilines is 1. The van der Waals surface area contributed by atoms with Gasteiger partial charge in [0, 0.05) is 12.1 Å². The number of aromatic nitrogens is 3. The van der Waals surface area contributed by atoms with Crippen molar-refractivity contribution < 1.29 is 13.5 Å². The molecule has 3 heterocycles. The van der Waals surface area contributed by atoms with Crippen LogP contribution in [0.2, 0.25) is 0 Å². The predicted octanol–water partition coefficient (Wildman–Crippen LogP) is 3.74. The summed E-state index contributed by atoms with van der Waals surface area (Å²) in [5, 5.41) is 0. The lowest BCUT2D eigenvalue weighted by atomic mass is 10.1. The van der Waals surface area contributed by atoms with E-state index in [9.17, 15) is 4.39 Å². The van der Waals surface area contributed by atoms with Crippen LogP contribution in [0.4, 0.5) is 10.4 Å². The van der Waals surface area contributed by atoms with Crippen LogP contribution in [0, 0.1) is 5.82 Å². The second kappa shape index (κ2) is 5.20. The summed E-state index contributed by atoms with van der Waals surface area (Å²) in [4.78, 5) is 8.76. The summed E-state index contributed by atoms with van der Waals surface area (Å²) in [5.74, 6) is 0.998. The van der Waals surface area contributed by atoms with E-state index in [0.29, 0.717) is 23.5 Å². The Labute approximate surface area is 142 Å². The Morgan fingerprint density at radius 2 is 2.04 bits per heavy atom. The summed E-state index contributed by atoms with van der Waals surface area (Å²) < 4.78 is 27.5. The molecule has 4 aromatic rings. The van der Waals surface area contributed by atoms with E-state index >= 15 is 0 Å². The minimum atomic E-state index is -0.501. The van der Waals surface area contributed by atoms with Gasteiger partial charge in [0.25, 0.3) is 6.01 Å². The van der Waals surface area contributed by atoms with Crippen LogP contribution in [0.25, 0.3) is 33.5 Å². The van der Waals surface area contributed by atoms with Gasteiger partial charge in [0.1, 0.15) is 22.6 Å². The highest BCUT2D eigenvalue weighted by Crippen LogP contribution is 2.34. The van der Waals surface area contributed by atoms with Gasteiger partial charge in [-0.05, 0) is 37.1 Å². The van der Waals surface area contributed by atoms with E-state index in [4.69, 9.17) is 19.9 Å². The van der Waals surface area contributed by atoms with Crippen molar-refractivity contribution in [1.82, 2.24) is 14.5 Å². The second-order valence-electron chi connectivity index (χ2n) is 6.12. The van der Waals surface area contributed by atoms with E-state index in [2.05, 4.69) is 9.55 Å². The first-order valence-corrected chi connectivity index (χ1v) is 8.19. The molecule has 0 saturated carbocycles. The van der Waals surface area contributed by atoms with Gasteiger partial charge in [0.15, 0.2) is 11.4 Å². The van der Waals surface area contributed by atoms with E-state index < -0.39 is 5.82 Å². The highest BCUT2D eigenvalue weighted by molar-refractivity contribution is 5.88. The number of benzene rings is 2. The lowest BCUT2D eigenvalue weighted by Gasteiger charge is -2.16. The number of hydrogen-bond acceptors (Lipinski definition) is 5. The molecule has 2 N–H and O–H groups in total. The molecule has 0 spiro atoms. The van der Waals surface area contributed by atoms with Crippen LogP contribution < -0.4 is 10.5 Å². The van der Waals surface area contributed by atoms with Gasteiger partial charge in [-0.3, -0.25) is 0 Å². The largest absolute Gasteiger partial charge is 0.491 e. The van der Waals surface area contributed by atoms with Gasteiger partial charge in [-0.1, -0.05) is 6.07 Å². The number of hydrogen-bond donors (Lipinski definition) is 1. The molecule has 25 heavy (non-hydrogen) atoms. The maximum atomic E-state index is 14.4. The highest BCUT2D eigenvalue weighted by Gasteiger charge is 2.20. The lowest BCUT2D eigenvalue weighted by molar-refractivity contribution is 0.299. The molecule has 2 aromatic carbocycles. The first-order valence-electron chi connectivity index (χ1n) is 8.19. The molecule has 7 heteroatoms. The van der Waals surface area contributed by atoms with Crippen molar-refractivity contribution in [3.63, 3.8) is 0 Å². The third kappa shape index (κ3) is 2.15. The molecule has 0 unspecified atom stereocenters. The number of fused-ring (bicyclic) bond motifs is 1. The predicted molar refractivity (Wildman–Crippen MR) is 91.8 cm³/mol. The van der Waals surface area contributed by atoms with E-state index in [1.54, 1.807) is 6.07 Å². The highest BCUT2D eigenvalue weighted by atomic mass is 19.1. The summed E-state index contributed by atoms with van der Waals surface area (Å²) in [6.07, 6.45) is 1.93. The first kappa shape index (κ1) is 14.3. The molecule has 0 bridgehead atoms. The molecule has 1 aliphatic rings. The minimum absolute atomic E-state index is 0.0513. The van der Waals surface area contributed by atoms with Gasteiger partial charge < -0.3 is 19.5 Å². The number of rotatable bonds is 1. The molecule has 0 amide bonds. The molecule has 1 aliphatic heterocycles. The number of halogens is 1. The average molecular weight is 338 g/mol. The summed E-state index contributed by atoms with van der Waals surface area (Å²) in [6.45, 7) is 1.49. The molecule has 6 nitrogen and oxygen atoms in total. The number of para-hydroxylation sites is 1. The number of imidazole rings is 1. The van der Waals surface area contributed by atoms with Crippen LogP contribution in [0.3, 0.4) is 0 Å². The van der Waals surface area contributed by atoms with E-state index in [-0.39, 0.29) is 11.6 Å². The van der Waals surface area contributed by atoms with E-state index in [1.807, 2.05) is 18.2 Å². The Morgan fingerprint density at radius 3 is 2.96 bits per heavy atom. The fraction of sp³-hybridized carbons (Fsp3) is 0.222. The van der Waals surface area contributed by atoms with Crippen molar-refractivity contribution in [3.8, 4) is 17.1 Å². The monoisotopic (exact) mass is 338 g/mol. The summed E-state index contributed by atoms with van der Waals surface area (Å²) >= 11 is 0. The zero-order chi connectivity index (χ0) is 17.0. The van der Waals surface area contributed by atoms with Crippen LogP contribution in [0.15, 0.2) is 34.7 Å². The van der Waals surface area contributed by atoms with Gasteiger partial charge in [-0.25, -0.2) is 9.37 Å². The van der Waals surface area contributed by atoms with Crippen molar-refractivity contribution >= 4 is 28.1 Å². The second-order valence-corrected chi connectivity index (χ2v) is 6.12. The number of nitrogens with two attached hydrogens (primary N) is 1. The topological polar surface area (TPSA) is 79.1 Å². The fourth-order valence-electron chi connectivity index (χ4n) is 3.40.